The highest BCUT2D eigenvalue weighted by atomic mass is 28.4. The smallest absolute Gasteiger partial charge is 0.416 e. The average molecular weight is 418 g/mol. The molecule has 1 aromatic rings. The van der Waals surface area contributed by atoms with Gasteiger partial charge in [-0.15, -0.1) is 0 Å². The van der Waals surface area contributed by atoms with E-state index in [1.54, 1.807) is 6.92 Å². The second-order valence-corrected chi connectivity index (χ2v) is 12.3. The number of ether oxygens (including phenoxy) is 1. The Labute approximate surface area is 163 Å². The van der Waals surface area contributed by atoms with Gasteiger partial charge in [-0.25, -0.2) is 0 Å². The van der Waals surface area contributed by atoms with Crippen molar-refractivity contribution < 1.29 is 31.9 Å². The molecule has 1 unspecified atom stereocenters. The molecule has 0 bridgehead atoms. The van der Waals surface area contributed by atoms with Crippen LogP contribution in [0.1, 0.15) is 37.8 Å². The first-order chi connectivity index (χ1) is 12.8. The third kappa shape index (κ3) is 4.94. The summed E-state index contributed by atoms with van der Waals surface area (Å²) in [5.41, 5.74) is -1.42. The minimum absolute atomic E-state index is 0.116. The number of fused-ring (bicyclic) bond motifs is 1. The fraction of sp³-hybridized carbons (Fsp3) is 0.579. The van der Waals surface area contributed by atoms with E-state index >= 15 is 0 Å². The van der Waals surface area contributed by atoms with Crippen LogP contribution in [0.4, 0.5) is 18.9 Å². The van der Waals surface area contributed by atoms with E-state index < -0.39 is 31.6 Å². The Bertz CT molecular complexity index is 761. The van der Waals surface area contributed by atoms with E-state index in [0.717, 1.165) is 12.1 Å². The zero-order chi connectivity index (χ0) is 21.3. The second-order valence-electron chi connectivity index (χ2n) is 7.84. The number of hydrogen-bond acceptors (Lipinski definition) is 4. The van der Waals surface area contributed by atoms with Crippen LogP contribution in [-0.2, 0) is 30.5 Å². The van der Waals surface area contributed by atoms with Crippen molar-refractivity contribution in [2.75, 3.05) is 18.1 Å². The topological polar surface area (TPSA) is 55.8 Å². The summed E-state index contributed by atoms with van der Waals surface area (Å²) >= 11 is 0. The van der Waals surface area contributed by atoms with Gasteiger partial charge >= 0.3 is 12.1 Å². The van der Waals surface area contributed by atoms with Gasteiger partial charge in [0.2, 0.25) is 5.91 Å². The zero-order valence-corrected chi connectivity index (χ0v) is 17.8. The summed E-state index contributed by atoms with van der Waals surface area (Å²) in [6, 6.07) is 3.26. The molecule has 0 saturated heterocycles. The van der Waals surface area contributed by atoms with E-state index in [-0.39, 0.29) is 31.2 Å². The van der Waals surface area contributed by atoms with Crippen molar-refractivity contribution >= 4 is 25.9 Å². The van der Waals surface area contributed by atoms with E-state index in [4.69, 9.17) is 9.16 Å². The predicted octanol–water partition coefficient (Wildman–Crippen LogP) is 4.46. The van der Waals surface area contributed by atoms with Crippen LogP contribution < -0.4 is 4.90 Å². The molecule has 9 heteroatoms. The molecule has 28 heavy (non-hydrogen) atoms. The molecule has 1 atom stereocenters. The van der Waals surface area contributed by atoms with Crippen molar-refractivity contribution in [2.24, 2.45) is 0 Å². The Balaban J connectivity index is 2.66. The normalized spacial score (nSPS) is 19.9. The number of esters is 1. The number of rotatable bonds is 5. The first-order valence-corrected chi connectivity index (χ1v) is 12.6. The van der Waals surface area contributed by atoms with Crippen molar-refractivity contribution in [3.8, 4) is 0 Å². The van der Waals surface area contributed by atoms with E-state index in [2.05, 4.69) is 0 Å². The quantitative estimate of drug-likeness (QED) is 0.524. The van der Waals surface area contributed by atoms with Crippen LogP contribution in [0.15, 0.2) is 18.2 Å². The minimum atomic E-state index is -4.54. The molecule has 1 amide bonds. The molecule has 0 fully saturated rings. The van der Waals surface area contributed by atoms with Gasteiger partial charge in [-0.05, 0) is 45.1 Å². The van der Waals surface area contributed by atoms with E-state index in [9.17, 15) is 22.8 Å². The SMILES string of the molecule is CCOC(=O)CC1(O[Si](C)(C)C)CCN(C(C)=O)c2cc(C(F)(F)F)ccc21. The van der Waals surface area contributed by atoms with Gasteiger partial charge in [0.05, 0.1) is 29.9 Å². The molecule has 1 heterocycles. The molecular weight excluding hydrogens is 391 g/mol. The van der Waals surface area contributed by atoms with Gasteiger partial charge < -0.3 is 14.1 Å². The lowest BCUT2D eigenvalue weighted by molar-refractivity contribution is -0.149. The van der Waals surface area contributed by atoms with Gasteiger partial charge in [-0.1, -0.05) is 6.07 Å². The molecule has 0 saturated carbocycles. The molecule has 1 aliphatic rings. The number of carbonyl (C=O) groups is 2. The predicted molar refractivity (Wildman–Crippen MR) is 101 cm³/mol. The largest absolute Gasteiger partial charge is 0.466 e. The van der Waals surface area contributed by atoms with Crippen molar-refractivity contribution in [2.45, 2.75) is 58.1 Å². The number of halogens is 3. The summed E-state index contributed by atoms with van der Waals surface area (Å²) in [6.07, 6.45) is -4.36. The first-order valence-electron chi connectivity index (χ1n) is 9.15. The highest BCUT2D eigenvalue weighted by Gasteiger charge is 2.46. The highest BCUT2D eigenvalue weighted by Crippen LogP contribution is 2.47. The number of amides is 1. The molecular formula is C19H26F3NO4Si. The van der Waals surface area contributed by atoms with Crippen LogP contribution in [0, 0.1) is 0 Å². The Morgan fingerprint density at radius 3 is 2.39 bits per heavy atom. The summed E-state index contributed by atoms with van der Waals surface area (Å²) < 4.78 is 51.2. The summed E-state index contributed by atoms with van der Waals surface area (Å²) in [7, 11) is -2.21. The van der Waals surface area contributed by atoms with Crippen molar-refractivity contribution in [1.82, 2.24) is 0 Å². The van der Waals surface area contributed by atoms with E-state index in [0.29, 0.717) is 12.0 Å². The van der Waals surface area contributed by atoms with Gasteiger partial charge in [0.15, 0.2) is 8.32 Å². The molecule has 0 radical (unpaired) electrons. The lowest BCUT2D eigenvalue weighted by Gasteiger charge is -2.45. The molecule has 1 aromatic carbocycles. The summed E-state index contributed by atoms with van der Waals surface area (Å²) in [5, 5.41) is 0. The summed E-state index contributed by atoms with van der Waals surface area (Å²) in [4.78, 5) is 25.7. The average Bonchev–Trinajstić information content (AvgIpc) is 2.52. The molecule has 1 aliphatic heterocycles. The minimum Gasteiger partial charge on any atom is -0.466 e. The van der Waals surface area contributed by atoms with Crippen LogP contribution in [0.2, 0.25) is 19.6 Å². The maximum atomic E-state index is 13.3. The van der Waals surface area contributed by atoms with Gasteiger partial charge in [0, 0.05) is 19.0 Å². The van der Waals surface area contributed by atoms with Crippen molar-refractivity contribution in [3.05, 3.63) is 29.3 Å². The Hall–Kier alpha value is -1.87. The number of benzene rings is 1. The maximum absolute atomic E-state index is 13.3. The van der Waals surface area contributed by atoms with Gasteiger partial charge in [-0.2, -0.15) is 13.2 Å². The standard InChI is InChI=1S/C19H26F3NO4Si/c1-6-26-17(25)12-18(27-28(3,4)5)9-10-23(13(2)24)16-11-14(19(20,21)22)7-8-15(16)18/h7-8,11H,6,9-10,12H2,1-5H3. The molecule has 0 N–H and O–H groups in total. The third-order valence-electron chi connectivity index (χ3n) is 4.46. The molecule has 0 spiro atoms. The Morgan fingerprint density at radius 2 is 1.89 bits per heavy atom. The van der Waals surface area contributed by atoms with Crippen LogP contribution in [0.5, 0.6) is 0 Å². The monoisotopic (exact) mass is 417 g/mol. The summed E-state index contributed by atoms with van der Waals surface area (Å²) in [6.45, 7) is 9.19. The van der Waals surface area contributed by atoms with Gasteiger partial charge in [0.25, 0.3) is 0 Å². The lowest BCUT2D eigenvalue weighted by Crippen LogP contribution is -2.49. The van der Waals surface area contributed by atoms with Gasteiger partial charge in [-0.3, -0.25) is 9.59 Å². The van der Waals surface area contributed by atoms with Crippen LogP contribution in [0.3, 0.4) is 0 Å². The van der Waals surface area contributed by atoms with Crippen LogP contribution in [0.25, 0.3) is 0 Å². The molecule has 2 rings (SSSR count). The van der Waals surface area contributed by atoms with E-state index in [1.165, 1.54) is 17.9 Å². The number of alkyl halides is 3. The van der Waals surface area contributed by atoms with Crippen molar-refractivity contribution in [1.29, 1.82) is 0 Å². The second kappa shape index (κ2) is 7.86. The fourth-order valence-corrected chi connectivity index (χ4v) is 5.00. The molecule has 5 nitrogen and oxygen atoms in total. The number of nitrogens with zero attached hydrogens (tertiary/aromatic N) is 1. The number of carbonyl (C=O) groups excluding carboxylic acids is 2. The Kier molecular flexibility index (Phi) is 6.30. The lowest BCUT2D eigenvalue weighted by atomic mass is 9.82. The fourth-order valence-electron chi connectivity index (χ4n) is 3.55. The zero-order valence-electron chi connectivity index (χ0n) is 16.8. The molecule has 0 aromatic heterocycles. The van der Waals surface area contributed by atoms with E-state index in [1.807, 2.05) is 19.6 Å². The molecule has 156 valence electrons. The molecule has 0 aliphatic carbocycles. The highest BCUT2D eigenvalue weighted by molar-refractivity contribution is 6.69. The summed E-state index contributed by atoms with van der Waals surface area (Å²) in [5.74, 6) is -0.846. The first kappa shape index (κ1) is 22.4. The third-order valence-corrected chi connectivity index (χ3v) is 5.47. The Morgan fingerprint density at radius 1 is 1.25 bits per heavy atom. The maximum Gasteiger partial charge on any atom is 0.416 e. The van der Waals surface area contributed by atoms with Crippen LogP contribution >= 0.6 is 0 Å². The van der Waals surface area contributed by atoms with Gasteiger partial charge in [0.1, 0.15) is 0 Å². The number of anilines is 1. The number of hydrogen-bond donors (Lipinski definition) is 0. The van der Waals surface area contributed by atoms with Crippen molar-refractivity contribution in [3.63, 3.8) is 0 Å². The van der Waals surface area contributed by atoms with Crippen LogP contribution in [-0.4, -0.2) is 33.3 Å².